The van der Waals surface area contributed by atoms with Gasteiger partial charge in [0.25, 0.3) is 11.6 Å². The number of ether oxygens (including phenoxy) is 2. The van der Waals surface area contributed by atoms with Crippen LogP contribution in [0.2, 0.25) is 0 Å². The van der Waals surface area contributed by atoms with Crippen LogP contribution in [-0.2, 0) is 28.7 Å². The molecule has 0 spiro atoms. The molecule has 1 aromatic rings. The van der Waals surface area contributed by atoms with Gasteiger partial charge in [-0.2, -0.15) is 0 Å². The van der Waals surface area contributed by atoms with Crippen molar-refractivity contribution >= 4 is 58.6 Å². The normalized spacial score (nSPS) is 23.3. The summed E-state index contributed by atoms with van der Waals surface area (Å²) in [5.41, 5.74) is -0.0945. The molecule has 156 valence electrons. The average molecular weight is 461 g/mol. The largest absolute Gasteiger partial charge is 0.477 e. The molecule has 0 unspecified atom stereocenters. The molecule has 2 atom stereocenters. The molecule has 2 aliphatic rings. The van der Waals surface area contributed by atoms with Gasteiger partial charge in [0.1, 0.15) is 23.2 Å². The molecule has 2 amide bonds. The Hall–Kier alpha value is -2.16. The molecule has 14 heteroatoms. The lowest BCUT2D eigenvalue weighted by Gasteiger charge is -2.55. The molecule has 0 aromatic carbocycles. The van der Waals surface area contributed by atoms with E-state index in [0.29, 0.717) is 9.91 Å². The molecule has 11 nitrogen and oxygen atoms in total. The Morgan fingerprint density at radius 2 is 2.24 bits per heavy atom. The molecule has 3 rings (SSSR count). The van der Waals surface area contributed by atoms with Crippen LogP contribution >= 0.6 is 34.9 Å². The molecular weight excluding hydrogens is 444 g/mol. The molecule has 1 aromatic heterocycles. The summed E-state index contributed by atoms with van der Waals surface area (Å²) in [7, 11) is 1.27. The molecule has 2 aliphatic heterocycles. The summed E-state index contributed by atoms with van der Waals surface area (Å²) in [6.07, 6.45) is 0. The number of amides is 2. The van der Waals surface area contributed by atoms with Crippen LogP contribution in [0.3, 0.4) is 0 Å². The van der Waals surface area contributed by atoms with E-state index >= 15 is 0 Å². The van der Waals surface area contributed by atoms with Crippen LogP contribution in [0.4, 0.5) is 0 Å². The molecule has 1 saturated heterocycles. The Labute approximate surface area is 177 Å². The number of hydrogen-bond donors (Lipinski definition) is 2. The van der Waals surface area contributed by atoms with Gasteiger partial charge in [-0.25, -0.2) is 4.79 Å². The minimum atomic E-state index is -1.67. The highest BCUT2D eigenvalue weighted by Gasteiger charge is 2.66. The maximum atomic E-state index is 12.9. The van der Waals surface area contributed by atoms with Crippen LogP contribution < -0.4 is 5.32 Å². The summed E-state index contributed by atoms with van der Waals surface area (Å²) < 4.78 is 10.8. The van der Waals surface area contributed by atoms with Crippen LogP contribution in [0.15, 0.2) is 21.1 Å². The molecule has 0 radical (unpaired) electrons. The van der Waals surface area contributed by atoms with Gasteiger partial charge in [-0.3, -0.25) is 19.3 Å². The van der Waals surface area contributed by atoms with Crippen molar-refractivity contribution < 1.29 is 33.8 Å². The molecule has 0 aliphatic carbocycles. The summed E-state index contributed by atoms with van der Waals surface area (Å²) in [5.74, 6) is -2.87. The van der Waals surface area contributed by atoms with Crippen LogP contribution in [0.25, 0.3) is 0 Å². The SMILES string of the molecule is CO[C@@]1(NC(=O)CSc2nncs2)C(=O)N2C(C(=O)O)=C(COC(C)=O)CS[C@H]21. The van der Waals surface area contributed by atoms with Crippen molar-refractivity contribution in [3.05, 3.63) is 16.8 Å². The second kappa shape index (κ2) is 8.69. The number of rotatable bonds is 8. The van der Waals surface area contributed by atoms with Crippen molar-refractivity contribution in [2.75, 3.05) is 25.2 Å². The van der Waals surface area contributed by atoms with Crippen molar-refractivity contribution in [2.45, 2.75) is 22.4 Å². The third-order valence-electron chi connectivity index (χ3n) is 4.08. The Bertz CT molecular complexity index is 875. The van der Waals surface area contributed by atoms with E-state index < -0.39 is 34.9 Å². The zero-order chi connectivity index (χ0) is 21.2. The second-order valence-electron chi connectivity index (χ2n) is 5.86. The number of esters is 1. The number of β-lactam (4-membered cyclic amide) rings is 1. The van der Waals surface area contributed by atoms with Crippen molar-refractivity contribution in [2.24, 2.45) is 0 Å². The van der Waals surface area contributed by atoms with Gasteiger partial charge in [0.2, 0.25) is 5.91 Å². The number of thioether (sulfide) groups is 2. The molecule has 29 heavy (non-hydrogen) atoms. The first-order chi connectivity index (χ1) is 13.8. The lowest BCUT2D eigenvalue weighted by atomic mass is 9.98. The molecule has 1 fully saturated rings. The minimum absolute atomic E-state index is 0.00962. The number of carboxylic acids is 1. The first-order valence-corrected chi connectivity index (χ1v) is 11.0. The van der Waals surface area contributed by atoms with Gasteiger partial charge in [0, 0.05) is 25.4 Å². The van der Waals surface area contributed by atoms with Gasteiger partial charge in [-0.1, -0.05) is 23.1 Å². The Morgan fingerprint density at radius 1 is 1.48 bits per heavy atom. The van der Waals surface area contributed by atoms with Crippen molar-refractivity contribution in [1.82, 2.24) is 20.4 Å². The summed E-state index contributed by atoms with van der Waals surface area (Å²) >= 11 is 3.65. The average Bonchev–Trinajstić information content (AvgIpc) is 3.21. The first-order valence-electron chi connectivity index (χ1n) is 8.09. The fourth-order valence-corrected chi connectivity index (χ4v) is 5.55. The van der Waals surface area contributed by atoms with Crippen molar-refractivity contribution in [3.63, 3.8) is 0 Å². The zero-order valence-corrected chi connectivity index (χ0v) is 17.7. The van der Waals surface area contributed by atoms with Crippen molar-refractivity contribution in [1.29, 1.82) is 0 Å². The molecule has 0 saturated carbocycles. The number of carbonyl (C=O) groups excluding carboxylic acids is 3. The number of fused-ring (bicyclic) bond motifs is 1. The highest BCUT2D eigenvalue weighted by molar-refractivity contribution is 8.01. The summed E-state index contributed by atoms with van der Waals surface area (Å²) in [4.78, 5) is 49.1. The number of hydrogen-bond acceptors (Lipinski definition) is 11. The number of carbonyl (C=O) groups is 4. The first kappa shape index (κ1) is 21.5. The van der Waals surface area contributed by atoms with Gasteiger partial charge >= 0.3 is 11.9 Å². The monoisotopic (exact) mass is 460 g/mol. The number of nitrogens with one attached hydrogen (secondary N) is 1. The lowest BCUT2D eigenvalue weighted by Crippen LogP contribution is -2.80. The summed E-state index contributed by atoms with van der Waals surface area (Å²) in [6, 6.07) is 0. The quantitative estimate of drug-likeness (QED) is 0.232. The third-order valence-corrected chi connectivity index (χ3v) is 7.31. The van der Waals surface area contributed by atoms with Gasteiger partial charge in [0.05, 0.1) is 5.75 Å². The smallest absolute Gasteiger partial charge is 0.352 e. The van der Waals surface area contributed by atoms with Crippen LogP contribution in [0.5, 0.6) is 0 Å². The maximum absolute atomic E-state index is 12.9. The van der Waals surface area contributed by atoms with Gasteiger partial charge < -0.3 is 19.9 Å². The summed E-state index contributed by atoms with van der Waals surface area (Å²) in [5, 5.41) is 18.9. The number of nitrogens with zero attached hydrogens (tertiary/aromatic N) is 3. The number of carboxylic acid groups (broad SMARTS) is 1. The highest BCUT2D eigenvalue weighted by atomic mass is 32.2. The maximum Gasteiger partial charge on any atom is 0.352 e. The van der Waals surface area contributed by atoms with E-state index in [4.69, 9.17) is 9.47 Å². The van der Waals surface area contributed by atoms with Crippen LogP contribution in [0, 0.1) is 0 Å². The van der Waals surface area contributed by atoms with E-state index in [0.717, 1.165) is 16.7 Å². The zero-order valence-electron chi connectivity index (χ0n) is 15.2. The van der Waals surface area contributed by atoms with E-state index in [1.165, 1.54) is 42.6 Å². The Morgan fingerprint density at radius 3 is 2.83 bits per heavy atom. The molecule has 2 N–H and O–H groups in total. The molecule has 0 bridgehead atoms. The van der Waals surface area contributed by atoms with Crippen LogP contribution in [-0.4, -0.2) is 80.3 Å². The van der Waals surface area contributed by atoms with Crippen LogP contribution in [0.1, 0.15) is 6.92 Å². The second-order valence-corrected chi connectivity index (χ2v) is 8.98. The predicted molar refractivity (Wildman–Crippen MR) is 103 cm³/mol. The molecule has 3 heterocycles. The number of methoxy groups -OCH3 is 1. The van der Waals surface area contributed by atoms with E-state index in [-0.39, 0.29) is 23.8 Å². The summed E-state index contributed by atoms with van der Waals surface area (Å²) in [6.45, 7) is 0.977. The van der Waals surface area contributed by atoms with E-state index in [2.05, 4.69) is 15.5 Å². The third kappa shape index (κ3) is 4.10. The fraction of sp³-hybridized carbons (Fsp3) is 0.467. The number of aliphatic carboxylic acids is 1. The van der Waals surface area contributed by atoms with E-state index in [9.17, 15) is 24.3 Å². The van der Waals surface area contributed by atoms with E-state index in [1.807, 2.05) is 0 Å². The topological polar surface area (TPSA) is 148 Å². The highest BCUT2D eigenvalue weighted by Crippen LogP contribution is 2.46. The van der Waals surface area contributed by atoms with Gasteiger partial charge in [-0.05, 0) is 0 Å². The fourth-order valence-electron chi connectivity index (χ4n) is 2.84. The van der Waals surface area contributed by atoms with Gasteiger partial charge in [0.15, 0.2) is 4.34 Å². The predicted octanol–water partition coefficient (Wildman–Crippen LogP) is -0.0940. The molecular formula is C15H16N4O7S3. The van der Waals surface area contributed by atoms with Gasteiger partial charge in [-0.15, -0.1) is 22.0 Å². The lowest BCUT2D eigenvalue weighted by molar-refractivity contribution is -0.192. The standard InChI is InChI=1S/C15H16N4O7S3/c1-7(20)26-3-8-4-27-13-15(25-2,12(24)19(13)10(8)11(22)23)17-9(21)5-28-14-18-16-6-29-14/h6,13H,3-5H2,1-2H3,(H,17,21)(H,22,23)/t13-,15-/m0/s1. The van der Waals surface area contributed by atoms with E-state index in [1.54, 1.807) is 0 Å². The Kier molecular flexibility index (Phi) is 6.45. The number of aromatic nitrogens is 2. The van der Waals surface area contributed by atoms with Crippen molar-refractivity contribution in [3.8, 4) is 0 Å². The minimum Gasteiger partial charge on any atom is -0.477 e. The Balaban J connectivity index is 1.75.